The van der Waals surface area contributed by atoms with E-state index in [4.69, 9.17) is 4.74 Å². The van der Waals surface area contributed by atoms with Crippen LogP contribution in [-0.2, 0) is 20.7 Å². The lowest BCUT2D eigenvalue weighted by atomic mass is 9.60. The Kier molecular flexibility index (Phi) is 8.05. The number of ether oxygens (including phenoxy) is 1. The largest absolute Gasteiger partial charge is 0.348 e. The van der Waals surface area contributed by atoms with Crippen LogP contribution in [0.25, 0.3) is 0 Å². The van der Waals surface area contributed by atoms with Crippen molar-refractivity contribution in [1.82, 2.24) is 25.3 Å². The first-order valence-electron chi connectivity index (χ1n) is 15.4. The van der Waals surface area contributed by atoms with Gasteiger partial charge in [-0.1, -0.05) is 37.8 Å². The van der Waals surface area contributed by atoms with Gasteiger partial charge in [-0.25, -0.2) is 0 Å². The summed E-state index contributed by atoms with van der Waals surface area (Å²) < 4.78 is 6.47. The van der Waals surface area contributed by atoms with E-state index in [1.54, 1.807) is 4.90 Å². The van der Waals surface area contributed by atoms with Gasteiger partial charge in [-0.2, -0.15) is 5.26 Å². The summed E-state index contributed by atoms with van der Waals surface area (Å²) in [5, 5.41) is 16.9. The third kappa shape index (κ3) is 5.04. The molecular formula is C32H44N6O3. The van der Waals surface area contributed by atoms with Crippen LogP contribution in [0.4, 0.5) is 0 Å². The molecule has 0 radical (unpaired) electrons. The van der Waals surface area contributed by atoms with E-state index in [0.717, 1.165) is 32.2 Å². The Morgan fingerprint density at radius 2 is 2.05 bits per heavy atom. The Morgan fingerprint density at radius 3 is 2.78 bits per heavy atom. The molecule has 1 aromatic carbocycles. The van der Waals surface area contributed by atoms with Gasteiger partial charge in [-0.3, -0.25) is 25.1 Å². The van der Waals surface area contributed by atoms with Gasteiger partial charge in [0.05, 0.1) is 37.3 Å². The number of Topliss-reactive ketones (excluding diaryl/α,β-unsaturated/α-hetero) is 1. The van der Waals surface area contributed by atoms with Crippen molar-refractivity contribution in [3.8, 4) is 6.07 Å². The highest BCUT2D eigenvalue weighted by Crippen LogP contribution is 2.55. The standard InChI is InChI=1S/C32H44N6O3/c1-4-27(39)38-17-16-37(19-23(38)12-14-33)30-26-11-13-32(18-22-8-5-6-10-25(22)21(32)2)29(40)28(26)34-31(35-30)41-20-24-9-7-15-36(24)3/h4-6,8,10,21,23-24,26,28,30-31,34-35H,1,7,9,11-13,15-20H2,2-3H3/t21?,23?,24?,26?,28?,30?,31?,32-/m0/s1. The second kappa shape index (κ2) is 11.6. The number of fused-ring (bicyclic) bond motifs is 2. The number of benzene rings is 1. The molecule has 8 atom stereocenters. The van der Waals surface area contributed by atoms with E-state index in [0.29, 0.717) is 38.1 Å². The van der Waals surface area contributed by atoms with Gasteiger partial charge in [0.1, 0.15) is 0 Å². The van der Waals surface area contributed by atoms with E-state index in [9.17, 15) is 14.9 Å². The molecule has 2 aliphatic carbocycles. The summed E-state index contributed by atoms with van der Waals surface area (Å²) in [5.41, 5.74) is 2.22. The normalized spacial score (nSPS) is 37.5. The number of likely N-dealkylation sites (N-methyl/N-ethyl adjacent to an activating group) is 1. The van der Waals surface area contributed by atoms with Crippen molar-refractivity contribution in [3.05, 3.63) is 48.0 Å². The van der Waals surface area contributed by atoms with Gasteiger partial charge in [-0.05, 0) is 68.8 Å². The van der Waals surface area contributed by atoms with Crippen LogP contribution in [-0.4, -0.2) is 96.9 Å². The maximum Gasteiger partial charge on any atom is 0.246 e. The summed E-state index contributed by atoms with van der Waals surface area (Å²) in [6, 6.07) is 10.7. The van der Waals surface area contributed by atoms with Crippen molar-refractivity contribution in [2.75, 3.05) is 39.8 Å². The van der Waals surface area contributed by atoms with Crippen LogP contribution in [0.2, 0.25) is 0 Å². The molecular weight excluding hydrogens is 516 g/mol. The van der Waals surface area contributed by atoms with E-state index in [-0.39, 0.29) is 42.4 Å². The first-order valence-corrected chi connectivity index (χ1v) is 15.4. The fraction of sp³-hybridized carbons (Fsp3) is 0.656. The number of hydrogen-bond acceptors (Lipinski definition) is 8. The van der Waals surface area contributed by atoms with Crippen LogP contribution < -0.4 is 10.6 Å². The molecule has 1 saturated carbocycles. The number of piperazine rings is 1. The van der Waals surface area contributed by atoms with Crippen LogP contribution in [0.5, 0.6) is 0 Å². The third-order valence-corrected chi connectivity index (χ3v) is 10.9. The molecule has 4 fully saturated rings. The minimum Gasteiger partial charge on any atom is -0.348 e. The van der Waals surface area contributed by atoms with Crippen LogP contribution >= 0.6 is 0 Å². The molecule has 0 aromatic heterocycles. The molecule has 220 valence electrons. The zero-order valence-corrected chi connectivity index (χ0v) is 24.4. The van der Waals surface area contributed by atoms with Crippen LogP contribution in [0.1, 0.15) is 56.1 Å². The van der Waals surface area contributed by atoms with Crippen molar-refractivity contribution >= 4 is 11.7 Å². The molecule has 41 heavy (non-hydrogen) atoms. The minimum absolute atomic E-state index is 0.0717. The second-order valence-corrected chi connectivity index (χ2v) is 12.8. The molecule has 5 aliphatic rings. The monoisotopic (exact) mass is 560 g/mol. The van der Waals surface area contributed by atoms with Crippen molar-refractivity contribution in [3.63, 3.8) is 0 Å². The first-order chi connectivity index (χ1) is 19.9. The minimum atomic E-state index is -0.448. The van der Waals surface area contributed by atoms with E-state index >= 15 is 0 Å². The van der Waals surface area contributed by atoms with Gasteiger partial charge in [0.15, 0.2) is 12.1 Å². The second-order valence-electron chi connectivity index (χ2n) is 12.8. The van der Waals surface area contributed by atoms with Crippen molar-refractivity contribution < 1.29 is 14.3 Å². The predicted octanol–water partition coefficient (Wildman–Crippen LogP) is 2.21. The Hall–Kier alpha value is -2.61. The Morgan fingerprint density at radius 1 is 1.22 bits per heavy atom. The molecule has 6 rings (SSSR count). The number of likely N-dealkylation sites (tertiary alicyclic amines) is 1. The van der Waals surface area contributed by atoms with Crippen molar-refractivity contribution in [2.24, 2.45) is 11.3 Å². The number of carbonyl (C=O) groups is 2. The topological polar surface area (TPSA) is 101 Å². The number of nitrogens with one attached hydrogen (secondary N) is 2. The van der Waals surface area contributed by atoms with Crippen molar-refractivity contribution in [2.45, 2.75) is 82.0 Å². The van der Waals surface area contributed by atoms with E-state index in [1.165, 1.54) is 23.6 Å². The molecule has 1 aromatic rings. The Balaban J connectivity index is 1.25. The molecule has 9 heteroatoms. The molecule has 0 bridgehead atoms. The molecule has 3 saturated heterocycles. The summed E-state index contributed by atoms with van der Waals surface area (Å²) in [7, 11) is 2.15. The lowest BCUT2D eigenvalue weighted by Gasteiger charge is -2.54. The summed E-state index contributed by atoms with van der Waals surface area (Å²) in [5.74, 6) is 0.432. The van der Waals surface area contributed by atoms with E-state index < -0.39 is 11.8 Å². The Bertz CT molecular complexity index is 1220. The average Bonchev–Trinajstić information content (AvgIpc) is 3.53. The summed E-state index contributed by atoms with van der Waals surface area (Å²) in [4.78, 5) is 33.6. The van der Waals surface area contributed by atoms with Gasteiger partial charge in [0, 0.05) is 37.0 Å². The number of carbonyl (C=O) groups excluding carboxylic acids is 2. The van der Waals surface area contributed by atoms with Crippen molar-refractivity contribution in [1.29, 1.82) is 5.26 Å². The molecule has 3 aliphatic heterocycles. The van der Waals surface area contributed by atoms with Gasteiger partial charge < -0.3 is 14.5 Å². The number of rotatable bonds is 6. The molecule has 1 amide bonds. The van der Waals surface area contributed by atoms with Crippen LogP contribution in [0.15, 0.2) is 36.9 Å². The zero-order chi connectivity index (χ0) is 28.7. The van der Waals surface area contributed by atoms with Gasteiger partial charge in [0.25, 0.3) is 0 Å². The lowest BCUT2D eigenvalue weighted by molar-refractivity contribution is -0.153. The number of nitrogens with zero attached hydrogens (tertiary/aromatic N) is 4. The SMILES string of the molecule is C=CC(=O)N1CCN(C2NC(OCC3CCCN3C)NC3C(=O)[C@@]4(CCC32)Cc2ccccc2C4C)CC1CC#N. The average molecular weight is 561 g/mol. The highest BCUT2D eigenvalue weighted by Gasteiger charge is 2.58. The molecule has 9 nitrogen and oxygen atoms in total. The number of hydrogen-bond donors (Lipinski definition) is 2. The summed E-state index contributed by atoms with van der Waals surface area (Å²) in [6.45, 7) is 9.35. The highest BCUT2D eigenvalue weighted by molar-refractivity contribution is 5.93. The van der Waals surface area contributed by atoms with Crippen LogP contribution in [0, 0.1) is 22.7 Å². The fourth-order valence-electron chi connectivity index (χ4n) is 8.45. The zero-order valence-electron chi connectivity index (χ0n) is 24.4. The maximum atomic E-state index is 14.6. The number of ketones is 1. The Labute approximate surface area is 243 Å². The summed E-state index contributed by atoms with van der Waals surface area (Å²) in [6.07, 6.45) is 5.94. The van der Waals surface area contributed by atoms with E-state index in [2.05, 4.69) is 71.3 Å². The highest BCUT2D eigenvalue weighted by atomic mass is 16.5. The van der Waals surface area contributed by atoms with Gasteiger partial charge in [-0.15, -0.1) is 0 Å². The molecule has 7 unspecified atom stereocenters. The fourth-order valence-corrected chi connectivity index (χ4v) is 8.45. The molecule has 2 N–H and O–H groups in total. The quantitative estimate of drug-likeness (QED) is 0.511. The van der Waals surface area contributed by atoms with Crippen LogP contribution in [0.3, 0.4) is 0 Å². The maximum absolute atomic E-state index is 14.6. The number of nitriles is 1. The van der Waals surface area contributed by atoms with E-state index in [1.807, 2.05) is 0 Å². The third-order valence-electron chi connectivity index (χ3n) is 10.9. The van der Waals surface area contributed by atoms with Gasteiger partial charge in [0.2, 0.25) is 5.91 Å². The summed E-state index contributed by atoms with van der Waals surface area (Å²) >= 11 is 0. The number of amides is 1. The lowest BCUT2D eigenvalue weighted by Crippen LogP contribution is -2.74. The smallest absolute Gasteiger partial charge is 0.246 e. The molecule has 3 heterocycles. The first kappa shape index (κ1) is 28.5. The predicted molar refractivity (Wildman–Crippen MR) is 155 cm³/mol. The molecule has 1 spiro atoms. The van der Waals surface area contributed by atoms with Gasteiger partial charge >= 0.3 is 0 Å².